The molecule has 0 saturated carbocycles. The molecular formula is C15H33N. The highest BCUT2D eigenvalue weighted by atomic mass is 14.6. The van der Waals surface area contributed by atoms with Crippen molar-refractivity contribution in [2.45, 2.75) is 85.6 Å². The van der Waals surface area contributed by atoms with Crippen molar-refractivity contribution < 1.29 is 0 Å². The minimum absolute atomic E-state index is 0.407. The summed E-state index contributed by atoms with van der Waals surface area (Å²) in [5.74, 6) is 0.772. The molecule has 2 atom stereocenters. The molecule has 2 unspecified atom stereocenters. The molecular weight excluding hydrogens is 194 g/mol. The second-order valence-corrected chi connectivity index (χ2v) is 5.97. The maximum Gasteiger partial charge on any atom is 0.00364 e. The van der Waals surface area contributed by atoms with E-state index in [0.29, 0.717) is 11.5 Å². The molecule has 0 aromatic rings. The molecule has 1 heteroatoms. The van der Waals surface area contributed by atoms with Gasteiger partial charge in [0.05, 0.1) is 0 Å². The fraction of sp³-hybridized carbons (Fsp3) is 1.00. The predicted octanol–water partition coefficient (Wildman–Crippen LogP) is 4.75. The summed E-state index contributed by atoms with van der Waals surface area (Å²) in [4.78, 5) is 0. The zero-order valence-corrected chi connectivity index (χ0v) is 12.2. The Balaban J connectivity index is 4.11. The second-order valence-electron chi connectivity index (χ2n) is 5.97. The summed E-state index contributed by atoms with van der Waals surface area (Å²) < 4.78 is 0. The summed E-state index contributed by atoms with van der Waals surface area (Å²) in [7, 11) is 0. The first-order valence-electron chi connectivity index (χ1n) is 7.21. The summed E-state index contributed by atoms with van der Waals surface area (Å²) in [6.45, 7) is 11.6. The van der Waals surface area contributed by atoms with Crippen LogP contribution in [0.5, 0.6) is 0 Å². The Bertz CT molecular complexity index is 165. The quantitative estimate of drug-likeness (QED) is 0.565. The predicted molar refractivity (Wildman–Crippen MR) is 74.6 cm³/mol. The Morgan fingerprint density at radius 3 is 2.12 bits per heavy atom. The Morgan fingerprint density at radius 1 is 1.06 bits per heavy atom. The maximum absolute atomic E-state index is 6.04. The first kappa shape index (κ1) is 16.0. The number of hydrogen-bond acceptors (Lipinski definition) is 1. The van der Waals surface area contributed by atoms with E-state index in [1.807, 2.05) is 0 Å². The molecule has 0 amide bonds. The van der Waals surface area contributed by atoms with Gasteiger partial charge >= 0.3 is 0 Å². The van der Waals surface area contributed by atoms with Crippen molar-refractivity contribution in [3.8, 4) is 0 Å². The highest BCUT2D eigenvalue weighted by Crippen LogP contribution is 2.38. The van der Waals surface area contributed by atoms with Crippen molar-refractivity contribution in [1.82, 2.24) is 0 Å². The van der Waals surface area contributed by atoms with E-state index in [9.17, 15) is 0 Å². The molecule has 98 valence electrons. The van der Waals surface area contributed by atoms with E-state index < -0.39 is 0 Å². The van der Waals surface area contributed by atoms with Crippen LogP contribution in [-0.2, 0) is 0 Å². The summed E-state index contributed by atoms with van der Waals surface area (Å²) in [6, 6.07) is 0.407. The van der Waals surface area contributed by atoms with E-state index in [-0.39, 0.29) is 0 Å². The van der Waals surface area contributed by atoms with Crippen molar-refractivity contribution in [2.75, 3.05) is 0 Å². The zero-order valence-electron chi connectivity index (χ0n) is 12.2. The van der Waals surface area contributed by atoms with Crippen molar-refractivity contribution in [2.24, 2.45) is 17.1 Å². The summed E-state index contributed by atoms with van der Waals surface area (Å²) in [5, 5.41) is 0. The van der Waals surface area contributed by atoms with Crippen LogP contribution in [0.4, 0.5) is 0 Å². The van der Waals surface area contributed by atoms with Gasteiger partial charge in [0.15, 0.2) is 0 Å². The lowest BCUT2D eigenvalue weighted by atomic mass is 9.71. The monoisotopic (exact) mass is 227 g/mol. The van der Waals surface area contributed by atoms with Gasteiger partial charge in [-0.05, 0) is 37.0 Å². The molecule has 0 fully saturated rings. The first-order chi connectivity index (χ1) is 7.46. The highest BCUT2D eigenvalue weighted by molar-refractivity contribution is 4.79. The molecule has 0 radical (unpaired) electrons. The minimum Gasteiger partial charge on any atom is -0.328 e. The molecule has 0 aliphatic rings. The van der Waals surface area contributed by atoms with Gasteiger partial charge in [-0.15, -0.1) is 0 Å². The van der Waals surface area contributed by atoms with Crippen molar-refractivity contribution >= 4 is 0 Å². The van der Waals surface area contributed by atoms with E-state index in [1.165, 1.54) is 38.5 Å². The summed E-state index contributed by atoms with van der Waals surface area (Å²) >= 11 is 0. The molecule has 0 saturated heterocycles. The highest BCUT2D eigenvalue weighted by Gasteiger charge is 2.27. The van der Waals surface area contributed by atoms with Gasteiger partial charge in [0.25, 0.3) is 0 Å². The number of rotatable bonds is 9. The summed E-state index contributed by atoms with van der Waals surface area (Å²) in [5.41, 5.74) is 6.54. The Hall–Kier alpha value is -0.0400. The molecule has 1 nitrogen and oxygen atoms in total. The molecule has 16 heavy (non-hydrogen) atoms. The van der Waals surface area contributed by atoms with Crippen LogP contribution in [0, 0.1) is 11.3 Å². The standard InChI is InChI=1S/C15H33N/c1-6-8-9-11-15(5,13(3)4)12-10-14(16)7-2/h13-14H,6-12,16H2,1-5H3. The van der Waals surface area contributed by atoms with Gasteiger partial charge in [0.1, 0.15) is 0 Å². The van der Waals surface area contributed by atoms with Crippen LogP contribution in [0.3, 0.4) is 0 Å². The van der Waals surface area contributed by atoms with Gasteiger partial charge in [-0.1, -0.05) is 53.9 Å². The van der Waals surface area contributed by atoms with Gasteiger partial charge in [0.2, 0.25) is 0 Å². The van der Waals surface area contributed by atoms with Gasteiger partial charge < -0.3 is 5.73 Å². The third kappa shape index (κ3) is 5.89. The lowest BCUT2D eigenvalue weighted by molar-refractivity contribution is 0.166. The van der Waals surface area contributed by atoms with Crippen LogP contribution < -0.4 is 5.73 Å². The maximum atomic E-state index is 6.04. The van der Waals surface area contributed by atoms with Crippen LogP contribution in [-0.4, -0.2) is 6.04 Å². The number of nitrogens with two attached hydrogens (primary N) is 1. The zero-order chi connectivity index (χ0) is 12.6. The van der Waals surface area contributed by atoms with Crippen LogP contribution in [0.15, 0.2) is 0 Å². The van der Waals surface area contributed by atoms with Gasteiger partial charge in [-0.3, -0.25) is 0 Å². The molecule has 0 rings (SSSR count). The second kappa shape index (κ2) is 8.11. The molecule has 2 N–H and O–H groups in total. The van der Waals surface area contributed by atoms with E-state index >= 15 is 0 Å². The molecule has 0 aromatic carbocycles. The Morgan fingerprint density at radius 2 is 1.69 bits per heavy atom. The van der Waals surface area contributed by atoms with Crippen LogP contribution in [0.25, 0.3) is 0 Å². The van der Waals surface area contributed by atoms with E-state index in [0.717, 1.165) is 12.3 Å². The third-order valence-corrected chi connectivity index (χ3v) is 4.36. The number of unbranched alkanes of at least 4 members (excludes halogenated alkanes) is 2. The lowest BCUT2D eigenvalue weighted by Crippen LogP contribution is -2.28. The normalized spacial score (nSPS) is 17.4. The molecule has 0 bridgehead atoms. The Labute approximate surface area is 103 Å². The van der Waals surface area contributed by atoms with Gasteiger partial charge in [0, 0.05) is 6.04 Å². The molecule has 0 spiro atoms. The van der Waals surface area contributed by atoms with Crippen LogP contribution in [0.2, 0.25) is 0 Å². The smallest absolute Gasteiger partial charge is 0.00364 e. The molecule has 0 aromatic heterocycles. The molecule has 0 aliphatic heterocycles. The van der Waals surface area contributed by atoms with E-state index in [1.54, 1.807) is 0 Å². The third-order valence-electron chi connectivity index (χ3n) is 4.36. The fourth-order valence-corrected chi connectivity index (χ4v) is 2.20. The number of hydrogen-bond donors (Lipinski definition) is 1. The van der Waals surface area contributed by atoms with Crippen molar-refractivity contribution in [1.29, 1.82) is 0 Å². The lowest BCUT2D eigenvalue weighted by Gasteiger charge is -2.35. The van der Waals surface area contributed by atoms with Gasteiger partial charge in [-0.2, -0.15) is 0 Å². The molecule has 0 heterocycles. The SMILES string of the molecule is CCCCCC(C)(CCC(N)CC)C(C)C. The summed E-state index contributed by atoms with van der Waals surface area (Å²) in [6.07, 6.45) is 9.05. The largest absolute Gasteiger partial charge is 0.328 e. The molecule has 0 aliphatic carbocycles. The van der Waals surface area contributed by atoms with Crippen LogP contribution in [0.1, 0.15) is 79.6 Å². The average molecular weight is 227 g/mol. The van der Waals surface area contributed by atoms with E-state index in [4.69, 9.17) is 5.73 Å². The van der Waals surface area contributed by atoms with E-state index in [2.05, 4.69) is 34.6 Å². The van der Waals surface area contributed by atoms with Gasteiger partial charge in [-0.25, -0.2) is 0 Å². The van der Waals surface area contributed by atoms with Crippen molar-refractivity contribution in [3.63, 3.8) is 0 Å². The fourth-order valence-electron chi connectivity index (χ4n) is 2.20. The average Bonchev–Trinajstić information content (AvgIpc) is 2.26. The van der Waals surface area contributed by atoms with Crippen LogP contribution >= 0.6 is 0 Å². The first-order valence-corrected chi connectivity index (χ1v) is 7.21. The minimum atomic E-state index is 0.407. The topological polar surface area (TPSA) is 26.0 Å². The van der Waals surface area contributed by atoms with Crippen molar-refractivity contribution in [3.05, 3.63) is 0 Å². The Kier molecular flexibility index (Phi) is 8.09.